The van der Waals surface area contributed by atoms with Crippen LogP contribution in [0.25, 0.3) is 16.5 Å². The van der Waals surface area contributed by atoms with Crippen molar-refractivity contribution >= 4 is 29.2 Å². The molecular weight excluding hydrogens is 492 g/mol. The monoisotopic (exact) mass is 530 g/mol. The normalized spacial score (nSPS) is 28.3. The highest BCUT2D eigenvalue weighted by Gasteiger charge is 2.42. The molecule has 37 heavy (non-hydrogen) atoms. The van der Waals surface area contributed by atoms with Crippen molar-refractivity contribution < 1.29 is 24.5 Å². The summed E-state index contributed by atoms with van der Waals surface area (Å²) in [4.78, 5) is 33.3. The zero-order valence-electron chi connectivity index (χ0n) is 22.4. The summed E-state index contributed by atoms with van der Waals surface area (Å²) in [5.74, 6) is -1.90. The van der Waals surface area contributed by atoms with Gasteiger partial charge in [0.1, 0.15) is 11.9 Å². The molecule has 1 aromatic rings. The number of aliphatic hydroxyl groups excluding tert-OH is 2. The van der Waals surface area contributed by atoms with Gasteiger partial charge in [-0.05, 0) is 37.4 Å². The molecule has 0 fully saturated rings. The molecule has 2 rings (SSSR count). The summed E-state index contributed by atoms with van der Waals surface area (Å²) in [5.41, 5.74) is 9.76. The summed E-state index contributed by atoms with van der Waals surface area (Å²) in [6.07, 6.45) is 5.66. The van der Waals surface area contributed by atoms with Crippen LogP contribution in [0.1, 0.15) is 71.5 Å². The predicted molar refractivity (Wildman–Crippen MR) is 144 cm³/mol. The Hall–Kier alpha value is -2.78. The van der Waals surface area contributed by atoms with Gasteiger partial charge in [0.15, 0.2) is 0 Å². The van der Waals surface area contributed by atoms with Crippen molar-refractivity contribution in [3.05, 3.63) is 55.9 Å². The highest BCUT2D eigenvalue weighted by Crippen LogP contribution is 2.31. The summed E-state index contributed by atoms with van der Waals surface area (Å²) in [7, 11) is 0. The number of Topliss-reactive ketones (excluding diaryl/α,β-unsaturated/α-hetero) is 1. The summed E-state index contributed by atoms with van der Waals surface area (Å²) in [6.45, 7) is 10.7. The Morgan fingerprint density at radius 2 is 2.05 bits per heavy atom. The van der Waals surface area contributed by atoms with Gasteiger partial charge in [0.2, 0.25) is 0 Å². The second kappa shape index (κ2) is 13.7. The van der Waals surface area contributed by atoms with E-state index in [1.807, 2.05) is 50.5 Å². The number of aliphatic hydroxyl groups is 2. The fourth-order valence-corrected chi connectivity index (χ4v) is 4.83. The number of carbonyl (C=O) groups is 2. The highest BCUT2D eigenvalue weighted by atomic mass is 32.1. The van der Waals surface area contributed by atoms with E-state index in [-0.39, 0.29) is 24.7 Å². The number of nitrogens with zero attached hydrogens (tertiary/aromatic N) is 4. The van der Waals surface area contributed by atoms with Crippen molar-refractivity contribution in [2.45, 2.75) is 85.7 Å². The minimum absolute atomic E-state index is 0.169. The largest absolute Gasteiger partial charge is 0.457 e. The fraction of sp³-hybridized carbons (Fsp3) is 0.593. The summed E-state index contributed by atoms with van der Waals surface area (Å²) in [6, 6.07) is 0. The first-order valence-corrected chi connectivity index (χ1v) is 13.3. The van der Waals surface area contributed by atoms with E-state index in [9.17, 15) is 19.8 Å². The third-order valence-electron chi connectivity index (χ3n) is 6.85. The zero-order valence-corrected chi connectivity index (χ0v) is 23.2. The van der Waals surface area contributed by atoms with Crippen LogP contribution in [0.15, 0.2) is 39.9 Å². The van der Waals surface area contributed by atoms with Crippen molar-refractivity contribution in [2.24, 2.45) is 22.4 Å². The van der Waals surface area contributed by atoms with Gasteiger partial charge < -0.3 is 14.9 Å². The highest BCUT2D eigenvalue weighted by molar-refractivity contribution is 7.09. The number of thiazole rings is 1. The van der Waals surface area contributed by atoms with E-state index in [1.54, 1.807) is 20.8 Å². The number of aromatic nitrogens is 1. The van der Waals surface area contributed by atoms with E-state index in [0.717, 1.165) is 11.1 Å². The maximum Gasteiger partial charge on any atom is 0.309 e. The molecule has 0 aliphatic carbocycles. The number of allylic oxidation sites excluding steroid dienone is 2. The van der Waals surface area contributed by atoms with Crippen molar-refractivity contribution in [1.29, 1.82) is 0 Å². The Balaban J connectivity index is 2.36. The Labute approximate surface area is 222 Å². The molecule has 0 unspecified atom stereocenters. The average molecular weight is 531 g/mol. The molecule has 0 radical (unpaired) electrons. The van der Waals surface area contributed by atoms with Gasteiger partial charge in [-0.15, -0.1) is 11.3 Å². The zero-order chi connectivity index (χ0) is 27.8. The number of esters is 1. The molecule has 1 aliphatic rings. The lowest BCUT2D eigenvalue weighted by atomic mass is 9.73. The summed E-state index contributed by atoms with van der Waals surface area (Å²) < 4.78 is 5.79. The third-order valence-corrected chi connectivity index (χ3v) is 7.70. The molecule has 0 bridgehead atoms. The molecule has 0 aromatic carbocycles. The third kappa shape index (κ3) is 8.64. The topological polar surface area (TPSA) is 145 Å². The smallest absolute Gasteiger partial charge is 0.309 e. The van der Waals surface area contributed by atoms with Crippen molar-refractivity contribution in [1.82, 2.24) is 4.98 Å². The molecule has 5 atom stereocenters. The molecule has 0 amide bonds. The second-order valence-corrected chi connectivity index (χ2v) is 11.2. The molecular formula is C27H38N4O5S. The number of carbonyl (C=O) groups excluding carboxylic acids is 2. The number of azide groups is 1. The summed E-state index contributed by atoms with van der Waals surface area (Å²) in [5, 5.41) is 27.6. The van der Waals surface area contributed by atoms with Gasteiger partial charge >= 0.3 is 5.97 Å². The summed E-state index contributed by atoms with van der Waals surface area (Å²) >= 11 is 1.38. The van der Waals surface area contributed by atoms with Gasteiger partial charge in [-0.25, -0.2) is 4.98 Å². The van der Waals surface area contributed by atoms with Gasteiger partial charge in [-0.1, -0.05) is 56.6 Å². The Morgan fingerprint density at radius 3 is 2.73 bits per heavy atom. The van der Waals surface area contributed by atoms with E-state index in [0.29, 0.717) is 23.5 Å². The van der Waals surface area contributed by atoms with E-state index in [1.165, 1.54) is 11.3 Å². The van der Waals surface area contributed by atoms with Gasteiger partial charge in [-0.3, -0.25) is 9.59 Å². The van der Waals surface area contributed by atoms with E-state index in [2.05, 4.69) is 15.0 Å². The first kappa shape index (κ1) is 30.4. The van der Waals surface area contributed by atoms with Crippen molar-refractivity contribution in [2.75, 3.05) is 0 Å². The average Bonchev–Trinajstić information content (AvgIpc) is 3.29. The van der Waals surface area contributed by atoms with Crippen LogP contribution in [-0.2, 0) is 20.9 Å². The molecule has 2 heterocycles. The van der Waals surface area contributed by atoms with Crippen LogP contribution in [-0.4, -0.2) is 45.3 Å². The first-order chi connectivity index (χ1) is 17.4. The Morgan fingerprint density at radius 1 is 1.35 bits per heavy atom. The van der Waals surface area contributed by atoms with Gasteiger partial charge in [0.05, 0.1) is 41.3 Å². The molecule has 202 valence electrons. The second-order valence-electron chi connectivity index (χ2n) is 10.3. The number of ketones is 1. The molecule has 2 N–H and O–H groups in total. The number of ether oxygens (including phenoxy) is 1. The van der Waals surface area contributed by atoms with Crippen LogP contribution < -0.4 is 0 Å². The number of hydrogen-bond acceptors (Lipinski definition) is 8. The van der Waals surface area contributed by atoms with Crippen LogP contribution in [0.5, 0.6) is 0 Å². The van der Waals surface area contributed by atoms with Crippen molar-refractivity contribution in [3.63, 3.8) is 0 Å². The first-order valence-electron chi connectivity index (χ1n) is 12.4. The molecule has 0 saturated heterocycles. The Kier molecular flexibility index (Phi) is 11.3. The van der Waals surface area contributed by atoms with Crippen LogP contribution in [0, 0.1) is 17.3 Å². The molecule has 0 spiro atoms. The molecule has 1 aliphatic heterocycles. The lowest BCUT2D eigenvalue weighted by Crippen LogP contribution is -2.45. The number of cyclic esters (lactones) is 1. The molecule has 10 heteroatoms. The maximum absolute atomic E-state index is 13.2. The Bertz CT molecular complexity index is 1100. The number of rotatable bonds is 4. The number of hydrogen-bond donors (Lipinski definition) is 2. The van der Waals surface area contributed by atoms with E-state index >= 15 is 0 Å². The maximum atomic E-state index is 13.2. The lowest BCUT2D eigenvalue weighted by molar-refractivity contribution is -0.154. The molecule has 1 aromatic heterocycles. The minimum atomic E-state index is -1.27. The lowest BCUT2D eigenvalue weighted by Gasteiger charge is -2.34. The quantitative estimate of drug-likeness (QED) is 0.172. The standard InChI is InChI=1S/C27H38N4O5S/c1-16-8-7-9-17(2)25(34)19(4)26(35)27(5,6)22(32)13-24(33)36-21(11-10-16)18(3)12-20-15-37-23(30-20)14-29-31-28/h7,9-10,12,15,17,19,21-22,25,32,34H,8,11,13-14H2,1-6H3/t17-,19+,21-,22-,25-/m0/s1. The van der Waals surface area contributed by atoms with Crippen molar-refractivity contribution in [3.8, 4) is 0 Å². The van der Waals surface area contributed by atoms with Crippen LogP contribution in [0.2, 0.25) is 0 Å². The van der Waals surface area contributed by atoms with Gasteiger partial charge in [0.25, 0.3) is 0 Å². The van der Waals surface area contributed by atoms with Gasteiger partial charge in [-0.2, -0.15) is 0 Å². The SMILES string of the molecule is CC1=CC[C@@H](C(C)=Cc2csc(CN=[N+]=[N-])n2)OC(=O)C[C@H](O)C(C)(C)C(=O)[C@H](C)[C@@H](O)[C@@H](C)C=CC1. The molecule has 0 saturated carbocycles. The fourth-order valence-electron chi connectivity index (χ4n) is 4.16. The van der Waals surface area contributed by atoms with Crippen LogP contribution in [0.3, 0.4) is 0 Å². The predicted octanol–water partition coefficient (Wildman–Crippen LogP) is 5.54. The van der Waals surface area contributed by atoms with Gasteiger partial charge in [0, 0.05) is 28.5 Å². The van der Waals surface area contributed by atoms with Crippen LogP contribution >= 0.6 is 11.3 Å². The van der Waals surface area contributed by atoms with Crippen LogP contribution in [0.4, 0.5) is 0 Å². The molecule has 9 nitrogen and oxygen atoms in total. The van der Waals surface area contributed by atoms with E-state index in [4.69, 9.17) is 10.3 Å². The minimum Gasteiger partial charge on any atom is -0.457 e. The van der Waals surface area contributed by atoms with E-state index < -0.39 is 35.6 Å².